The van der Waals surface area contributed by atoms with E-state index in [-0.39, 0.29) is 11.9 Å². The molecule has 1 aromatic rings. The molecular weight excluding hydrogens is 250 g/mol. The van der Waals surface area contributed by atoms with E-state index in [0.717, 1.165) is 30.3 Å². The Hall–Kier alpha value is -1.36. The number of carbonyl (C=O) groups excluding carboxylic acids is 1. The monoisotopic (exact) mass is 267 g/mol. The molecule has 1 aliphatic rings. The Morgan fingerprint density at radius 3 is 2.72 bits per heavy atom. The van der Waals surface area contributed by atoms with Gasteiger partial charge in [0.05, 0.1) is 0 Å². The molecule has 0 aliphatic carbocycles. The lowest BCUT2D eigenvalue weighted by molar-refractivity contribution is -0.116. The van der Waals surface area contributed by atoms with E-state index in [1.54, 1.807) is 4.90 Å². The molecule has 0 aromatic heterocycles. The number of hydrogen-bond donors (Lipinski definition) is 0. The first kappa shape index (κ1) is 13.1. The number of amides is 1. The Labute approximate surface area is 108 Å². The maximum absolute atomic E-state index is 12.1. The normalized spacial score (nSPS) is 19.4. The van der Waals surface area contributed by atoms with Crippen LogP contribution in [0, 0.1) is 0 Å². The molecule has 5 heteroatoms. The highest BCUT2D eigenvalue weighted by molar-refractivity contribution is 7.91. The highest BCUT2D eigenvalue weighted by Crippen LogP contribution is 2.30. The quantitative estimate of drug-likeness (QED) is 0.814. The fourth-order valence-electron chi connectivity index (χ4n) is 2.36. The minimum Gasteiger partial charge on any atom is -0.308 e. The lowest BCUT2D eigenvalue weighted by atomic mass is 9.97. The number of nitrogens with zero attached hydrogens (tertiary/aromatic N) is 1. The molecule has 1 amide bonds. The van der Waals surface area contributed by atoms with Gasteiger partial charge in [0.25, 0.3) is 0 Å². The minimum atomic E-state index is -3.29. The van der Waals surface area contributed by atoms with Gasteiger partial charge in [-0.1, -0.05) is 18.2 Å². The van der Waals surface area contributed by atoms with Gasteiger partial charge in [-0.15, -0.1) is 0 Å². The second-order valence-electron chi connectivity index (χ2n) is 4.85. The van der Waals surface area contributed by atoms with Crippen LogP contribution in [0.25, 0.3) is 0 Å². The van der Waals surface area contributed by atoms with Gasteiger partial charge >= 0.3 is 0 Å². The summed E-state index contributed by atoms with van der Waals surface area (Å²) in [5, 5.41) is 0. The van der Waals surface area contributed by atoms with E-state index in [0.29, 0.717) is 0 Å². The summed E-state index contributed by atoms with van der Waals surface area (Å²) in [7, 11) is -3.29. The summed E-state index contributed by atoms with van der Waals surface area (Å²) in [6, 6.07) is 7.73. The molecule has 0 fully saturated rings. The van der Waals surface area contributed by atoms with Crippen molar-refractivity contribution in [3.05, 3.63) is 29.8 Å². The van der Waals surface area contributed by atoms with Crippen molar-refractivity contribution >= 4 is 21.4 Å². The zero-order chi connectivity index (χ0) is 13.3. The minimum absolute atomic E-state index is 0.0501. The Balaban J connectivity index is 2.35. The number of hydrogen-bond acceptors (Lipinski definition) is 3. The van der Waals surface area contributed by atoms with Crippen LogP contribution in [0.4, 0.5) is 5.69 Å². The predicted molar refractivity (Wildman–Crippen MR) is 71.4 cm³/mol. The zero-order valence-electron chi connectivity index (χ0n) is 10.6. The Morgan fingerprint density at radius 1 is 1.39 bits per heavy atom. The zero-order valence-corrected chi connectivity index (χ0v) is 11.4. The summed E-state index contributed by atoms with van der Waals surface area (Å²) >= 11 is 0. The molecule has 0 unspecified atom stereocenters. The van der Waals surface area contributed by atoms with E-state index in [9.17, 15) is 13.2 Å². The maximum Gasteiger partial charge on any atom is 0.242 e. The van der Waals surface area contributed by atoms with E-state index in [2.05, 4.69) is 0 Å². The van der Waals surface area contributed by atoms with Gasteiger partial charge in [-0.05, 0) is 31.4 Å². The van der Waals surface area contributed by atoms with Crippen molar-refractivity contribution in [2.45, 2.75) is 25.8 Å². The van der Waals surface area contributed by atoms with E-state index in [4.69, 9.17) is 0 Å². The smallest absolute Gasteiger partial charge is 0.242 e. The molecule has 98 valence electrons. The van der Waals surface area contributed by atoms with E-state index < -0.39 is 15.6 Å². The lowest BCUT2D eigenvalue weighted by Crippen LogP contribution is -2.44. The van der Waals surface area contributed by atoms with Crippen molar-refractivity contribution in [1.29, 1.82) is 0 Å². The first-order valence-corrected chi connectivity index (χ1v) is 8.02. The standard InChI is InChI=1S/C13H17NO3S/c1-10-7-8-11-5-3-4-6-12(11)14(10)13(15)9-18(2,16)17/h3-6,10H,7-9H2,1-2H3/t10-/m0/s1. The summed E-state index contributed by atoms with van der Waals surface area (Å²) < 4.78 is 22.5. The van der Waals surface area contributed by atoms with Crippen LogP contribution >= 0.6 is 0 Å². The summed E-state index contributed by atoms with van der Waals surface area (Å²) in [5.74, 6) is -0.761. The molecule has 2 rings (SSSR count). The third-order valence-electron chi connectivity index (χ3n) is 3.18. The summed E-state index contributed by atoms with van der Waals surface area (Å²) in [4.78, 5) is 13.8. The average molecular weight is 267 g/mol. The van der Waals surface area contributed by atoms with Gasteiger partial charge in [-0.25, -0.2) is 8.42 Å². The van der Waals surface area contributed by atoms with Gasteiger partial charge in [-0.3, -0.25) is 4.79 Å². The SMILES string of the molecule is C[C@H]1CCc2ccccc2N1C(=O)CS(C)(=O)=O. The molecule has 0 N–H and O–H groups in total. The molecule has 1 atom stereocenters. The van der Waals surface area contributed by atoms with Crippen molar-refractivity contribution in [1.82, 2.24) is 0 Å². The van der Waals surface area contributed by atoms with Gasteiger partial charge in [-0.2, -0.15) is 0 Å². The molecule has 1 aliphatic heterocycles. The highest BCUT2D eigenvalue weighted by Gasteiger charge is 2.29. The van der Waals surface area contributed by atoms with Crippen molar-refractivity contribution in [2.75, 3.05) is 16.9 Å². The van der Waals surface area contributed by atoms with Gasteiger partial charge in [0, 0.05) is 18.0 Å². The number of rotatable bonds is 2. The molecule has 1 heterocycles. The van der Waals surface area contributed by atoms with Gasteiger partial charge in [0.1, 0.15) is 5.75 Å². The van der Waals surface area contributed by atoms with Crippen LogP contribution in [0.3, 0.4) is 0 Å². The lowest BCUT2D eigenvalue weighted by Gasteiger charge is -2.35. The van der Waals surface area contributed by atoms with Gasteiger partial charge in [0.15, 0.2) is 9.84 Å². The van der Waals surface area contributed by atoms with Crippen molar-refractivity contribution in [2.24, 2.45) is 0 Å². The van der Waals surface area contributed by atoms with Crippen LogP contribution < -0.4 is 4.90 Å². The topological polar surface area (TPSA) is 54.5 Å². The van der Waals surface area contributed by atoms with Crippen molar-refractivity contribution < 1.29 is 13.2 Å². The van der Waals surface area contributed by atoms with Crippen LogP contribution in [-0.4, -0.2) is 32.4 Å². The number of benzene rings is 1. The molecule has 4 nitrogen and oxygen atoms in total. The maximum atomic E-state index is 12.1. The number of para-hydroxylation sites is 1. The second-order valence-corrected chi connectivity index (χ2v) is 6.99. The number of sulfone groups is 1. The highest BCUT2D eigenvalue weighted by atomic mass is 32.2. The number of aryl methyl sites for hydroxylation is 1. The average Bonchev–Trinajstić information content (AvgIpc) is 2.26. The Morgan fingerprint density at radius 2 is 2.06 bits per heavy atom. The van der Waals surface area contributed by atoms with Crippen LogP contribution in [0.2, 0.25) is 0 Å². The molecule has 0 saturated heterocycles. The summed E-state index contributed by atoms with van der Waals surface area (Å²) in [6.07, 6.45) is 2.89. The Kier molecular flexibility index (Phi) is 3.43. The van der Waals surface area contributed by atoms with Crippen LogP contribution in [0.15, 0.2) is 24.3 Å². The van der Waals surface area contributed by atoms with Gasteiger partial charge < -0.3 is 4.90 Å². The van der Waals surface area contributed by atoms with Crippen LogP contribution in [0.5, 0.6) is 0 Å². The molecular formula is C13H17NO3S. The van der Waals surface area contributed by atoms with Crippen LogP contribution in [-0.2, 0) is 21.1 Å². The predicted octanol–water partition coefficient (Wildman–Crippen LogP) is 1.40. The van der Waals surface area contributed by atoms with Crippen LogP contribution in [0.1, 0.15) is 18.9 Å². The first-order valence-electron chi connectivity index (χ1n) is 5.96. The molecule has 1 aromatic carbocycles. The molecule has 0 bridgehead atoms. The largest absolute Gasteiger partial charge is 0.308 e. The summed E-state index contributed by atoms with van der Waals surface area (Å²) in [6.45, 7) is 1.95. The molecule has 0 radical (unpaired) electrons. The summed E-state index contributed by atoms with van der Waals surface area (Å²) in [5.41, 5.74) is 1.96. The van der Waals surface area contributed by atoms with Crippen molar-refractivity contribution in [3.8, 4) is 0 Å². The van der Waals surface area contributed by atoms with E-state index >= 15 is 0 Å². The fourth-order valence-corrected chi connectivity index (χ4v) is 2.95. The first-order chi connectivity index (χ1) is 8.38. The Bertz CT molecular complexity index is 565. The third-order valence-corrected chi connectivity index (χ3v) is 3.95. The molecule has 0 spiro atoms. The fraction of sp³-hybridized carbons (Fsp3) is 0.462. The number of anilines is 1. The van der Waals surface area contributed by atoms with Gasteiger partial charge in [0.2, 0.25) is 5.91 Å². The molecule has 18 heavy (non-hydrogen) atoms. The second kappa shape index (κ2) is 4.72. The van der Waals surface area contributed by atoms with E-state index in [1.165, 1.54) is 0 Å². The molecule has 0 saturated carbocycles. The third kappa shape index (κ3) is 2.72. The number of carbonyl (C=O) groups is 1. The van der Waals surface area contributed by atoms with Crippen molar-refractivity contribution in [3.63, 3.8) is 0 Å². The number of fused-ring (bicyclic) bond motifs is 1. The van der Waals surface area contributed by atoms with E-state index in [1.807, 2.05) is 31.2 Å².